The summed E-state index contributed by atoms with van der Waals surface area (Å²) in [5.41, 5.74) is 7.79. The van der Waals surface area contributed by atoms with E-state index in [9.17, 15) is 4.79 Å². The molecule has 0 unspecified atom stereocenters. The van der Waals surface area contributed by atoms with Gasteiger partial charge in [0.15, 0.2) is 0 Å². The molecule has 0 bridgehead atoms. The van der Waals surface area contributed by atoms with Crippen molar-refractivity contribution in [3.63, 3.8) is 0 Å². The number of hydrogen-bond donors (Lipinski definition) is 1. The summed E-state index contributed by atoms with van der Waals surface area (Å²) < 4.78 is 2.16. The minimum absolute atomic E-state index is 0.175. The van der Waals surface area contributed by atoms with E-state index in [1.165, 1.54) is 4.68 Å². The predicted molar refractivity (Wildman–Crippen MR) is 81.5 cm³/mol. The maximum atomic E-state index is 12.4. The van der Waals surface area contributed by atoms with Crippen molar-refractivity contribution in [1.82, 2.24) is 15.0 Å². The third-order valence-electron chi connectivity index (χ3n) is 3.09. The smallest absolute Gasteiger partial charge is 0.277 e. The largest absolute Gasteiger partial charge is 0.398 e. The summed E-state index contributed by atoms with van der Waals surface area (Å²) >= 11 is 3.44. The van der Waals surface area contributed by atoms with Crippen LogP contribution in [0.2, 0.25) is 0 Å². The van der Waals surface area contributed by atoms with Crippen LogP contribution in [-0.4, -0.2) is 15.0 Å². The number of nitrogens with zero attached hydrogens (tertiary/aromatic N) is 3. The Morgan fingerprint density at radius 2 is 1.95 bits per heavy atom. The molecule has 20 heavy (non-hydrogen) atoms. The van der Waals surface area contributed by atoms with Crippen LogP contribution in [0.1, 0.15) is 5.56 Å². The molecule has 0 radical (unpaired) electrons. The van der Waals surface area contributed by atoms with Gasteiger partial charge in [0.1, 0.15) is 5.52 Å². The number of rotatable bonds is 2. The molecule has 3 aromatic rings. The molecule has 6 heteroatoms. The second kappa shape index (κ2) is 5.05. The van der Waals surface area contributed by atoms with Crippen molar-refractivity contribution < 1.29 is 0 Å². The number of halogens is 1. The van der Waals surface area contributed by atoms with Gasteiger partial charge in [-0.05, 0) is 24.3 Å². The molecule has 0 fully saturated rings. The summed E-state index contributed by atoms with van der Waals surface area (Å²) in [7, 11) is 0. The van der Waals surface area contributed by atoms with Crippen LogP contribution in [-0.2, 0) is 6.54 Å². The molecule has 100 valence electrons. The van der Waals surface area contributed by atoms with Gasteiger partial charge in [0.05, 0.1) is 11.9 Å². The van der Waals surface area contributed by atoms with E-state index < -0.39 is 0 Å². The van der Waals surface area contributed by atoms with E-state index in [1.54, 1.807) is 18.2 Å². The van der Waals surface area contributed by atoms with Crippen LogP contribution in [0, 0.1) is 0 Å². The molecule has 1 aromatic heterocycles. The Kier molecular flexibility index (Phi) is 3.23. The molecule has 0 saturated carbocycles. The second-order valence-corrected chi connectivity index (χ2v) is 5.23. The van der Waals surface area contributed by atoms with Crippen LogP contribution >= 0.6 is 15.9 Å². The summed E-state index contributed by atoms with van der Waals surface area (Å²) in [4.78, 5) is 12.4. The van der Waals surface area contributed by atoms with Gasteiger partial charge >= 0.3 is 0 Å². The van der Waals surface area contributed by atoms with Crippen molar-refractivity contribution in [2.24, 2.45) is 0 Å². The van der Waals surface area contributed by atoms with Crippen molar-refractivity contribution in [2.45, 2.75) is 6.54 Å². The predicted octanol–water partition coefficient (Wildman–Crippen LogP) is 2.18. The average molecular weight is 331 g/mol. The number of hydrogen-bond acceptors (Lipinski definition) is 4. The molecule has 0 atom stereocenters. The average Bonchev–Trinajstić information content (AvgIpc) is 2.45. The quantitative estimate of drug-likeness (QED) is 0.731. The normalized spacial score (nSPS) is 10.8. The van der Waals surface area contributed by atoms with Gasteiger partial charge in [0.25, 0.3) is 5.56 Å². The van der Waals surface area contributed by atoms with E-state index in [4.69, 9.17) is 5.73 Å². The van der Waals surface area contributed by atoms with Crippen molar-refractivity contribution >= 4 is 32.5 Å². The van der Waals surface area contributed by atoms with E-state index in [2.05, 4.69) is 26.2 Å². The van der Waals surface area contributed by atoms with E-state index in [0.29, 0.717) is 16.6 Å². The van der Waals surface area contributed by atoms with E-state index in [1.807, 2.05) is 24.3 Å². The highest BCUT2D eigenvalue weighted by Gasteiger charge is 2.09. The summed E-state index contributed by atoms with van der Waals surface area (Å²) in [6.07, 6.45) is 0. The minimum Gasteiger partial charge on any atom is -0.398 e. The number of fused-ring (bicyclic) bond motifs is 1. The molecular weight excluding hydrogens is 320 g/mol. The van der Waals surface area contributed by atoms with Crippen LogP contribution in [0.5, 0.6) is 0 Å². The lowest BCUT2D eigenvalue weighted by Gasteiger charge is -2.09. The molecule has 0 amide bonds. The first-order valence-corrected chi connectivity index (χ1v) is 6.81. The zero-order valence-electron chi connectivity index (χ0n) is 10.5. The Balaban J connectivity index is 2.12. The highest BCUT2D eigenvalue weighted by atomic mass is 79.9. The Morgan fingerprint density at radius 3 is 2.75 bits per heavy atom. The van der Waals surface area contributed by atoms with Crippen LogP contribution in [0.3, 0.4) is 0 Å². The maximum absolute atomic E-state index is 12.4. The third-order valence-corrected chi connectivity index (χ3v) is 3.84. The first-order chi connectivity index (χ1) is 9.66. The van der Waals surface area contributed by atoms with Gasteiger partial charge in [-0.2, -0.15) is 0 Å². The highest BCUT2D eigenvalue weighted by molar-refractivity contribution is 9.10. The van der Waals surface area contributed by atoms with Crippen LogP contribution < -0.4 is 11.3 Å². The number of nitrogen functional groups attached to an aromatic ring is 1. The summed E-state index contributed by atoms with van der Waals surface area (Å²) in [6, 6.07) is 12.7. The molecule has 2 aromatic carbocycles. The van der Waals surface area contributed by atoms with Crippen LogP contribution in [0.15, 0.2) is 51.7 Å². The zero-order chi connectivity index (χ0) is 14.1. The SMILES string of the molecule is Nc1cccc(Br)c1Cn1nnc2ccccc2c1=O. The number of nitrogens with two attached hydrogens (primary N) is 1. The van der Waals surface area contributed by atoms with Gasteiger partial charge in [-0.3, -0.25) is 4.79 Å². The van der Waals surface area contributed by atoms with Crippen molar-refractivity contribution in [3.8, 4) is 0 Å². The van der Waals surface area contributed by atoms with Gasteiger partial charge in [-0.25, -0.2) is 4.68 Å². The lowest BCUT2D eigenvalue weighted by Crippen LogP contribution is -2.25. The van der Waals surface area contributed by atoms with Crippen LogP contribution in [0.25, 0.3) is 10.9 Å². The van der Waals surface area contributed by atoms with E-state index in [0.717, 1.165) is 10.0 Å². The fourth-order valence-electron chi connectivity index (χ4n) is 2.02. The Morgan fingerprint density at radius 1 is 1.15 bits per heavy atom. The monoisotopic (exact) mass is 330 g/mol. The van der Waals surface area contributed by atoms with Crippen molar-refractivity contribution in [3.05, 3.63) is 62.9 Å². The molecule has 3 rings (SSSR count). The zero-order valence-corrected chi connectivity index (χ0v) is 12.0. The van der Waals surface area contributed by atoms with Gasteiger partial charge in [-0.1, -0.05) is 39.3 Å². The molecule has 0 aliphatic rings. The molecular formula is C14H11BrN4O. The minimum atomic E-state index is -0.175. The topological polar surface area (TPSA) is 73.8 Å². The van der Waals surface area contributed by atoms with E-state index in [-0.39, 0.29) is 12.1 Å². The standard InChI is InChI=1S/C14H11BrN4O/c15-11-5-3-6-12(16)10(11)8-19-14(20)9-4-1-2-7-13(9)17-18-19/h1-7H,8,16H2. The lowest BCUT2D eigenvalue weighted by atomic mass is 10.2. The van der Waals surface area contributed by atoms with E-state index >= 15 is 0 Å². The first-order valence-electron chi connectivity index (χ1n) is 6.02. The third kappa shape index (κ3) is 2.18. The van der Waals surface area contributed by atoms with Crippen molar-refractivity contribution in [2.75, 3.05) is 5.73 Å². The molecule has 2 N–H and O–H groups in total. The molecule has 0 saturated heterocycles. The molecule has 1 heterocycles. The van der Waals surface area contributed by atoms with Gasteiger partial charge < -0.3 is 5.73 Å². The number of aromatic nitrogens is 3. The molecule has 0 spiro atoms. The molecule has 5 nitrogen and oxygen atoms in total. The number of anilines is 1. The number of benzene rings is 2. The fraction of sp³-hybridized carbons (Fsp3) is 0.0714. The highest BCUT2D eigenvalue weighted by Crippen LogP contribution is 2.22. The fourth-order valence-corrected chi connectivity index (χ4v) is 2.53. The summed E-state index contributed by atoms with van der Waals surface area (Å²) in [5.74, 6) is 0. The Labute approximate surface area is 123 Å². The van der Waals surface area contributed by atoms with Crippen LogP contribution in [0.4, 0.5) is 5.69 Å². The summed E-state index contributed by atoms with van der Waals surface area (Å²) in [6.45, 7) is 0.282. The lowest BCUT2D eigenvalue weighted by molar-refractivity contribution is 0.600. The first kappa shape index (κ1) is 12.8. The Hall–Kier alpha value is -2.21. The summed E-state index contributed by atoms with van der Waals surface area (Å²) in [5, 5.41) is 8.57. The molecule has 0 aliphatic heterocycles. The Bertz CT molecular complexity index is 824. The maximum Gasteiger partial charge on any atom is 0.277 e. The molecule has 0 aliphatic carbocycles. The van der Waals surface area contributed by atoms with Crippen molar-refractivity contribution in [1.29, 1.82) is 0 Å². The van der Waals surface area contributed by atoms with Gasteiger partial charge in [-0.15, -0.1) is 5.10 Å². The van der Waals surface area contributed by atoms with Gasteiger partial charge in [0.2, 0.25) is 0 Å². The van der Waals surface area contributed by atoms with Gasteiger partial charge in [0, 0.05) is 15.7 Å². The second-order valence-electron chi connectivity index (χ2n) is 4.38.